The van der Waals surface area contributed by atoms with Crippen LogP contribution in [0.25, 0.3) is 0 Å². The molecule has 44 heavy (non-hydrogen) atoms. The number of allylic oxidation sites excluding steroid dienone is 1. The van der Waals surface area contributed by atoms with Gasteiger partial charge >= 0.3 is 12.3 Å². The number of nitrogens with zero attached hydrogens (tertiary/aromatic N) is 2. The van der Waals surface area contributed by atoms with Crippen molar-refractivity contribution in [1.29, 1.82) is 0 Å². The van der Waals surface area contributed by atoms with Crippen molar-refractivity contribution in [2.75, 3.05) is 27.2 Å². The summed E-state index contributed by atoms with van der Waals surface area (Å²) in [4.78, 5) is 53.5. The van der Waals surface area contributed by atoms with Crippen LogP contribution in [0, 0.1) is 11.8 Å². The van der Waals surface area contributed by atoms with Gasteiger partial charge in [0.2, 0.25) is 5.78 Å². The third-order valence-electron chi connectivity index (χ3n) is 8.98. The number of phenolic OH excluding ortho intramolecular Hbond substituents is 1. The summed E-state index contributed by atoms with van der Waals surface area (Å²) in [5.74, 6) is -11.3. The molecule has 1 fully saturated rings. The number of amides is 1. The van der Waals surface area contributed by atoms with Crippen LogP contribution in [-0.4, -0.2) is 104 Å². The van der Waals surface area contributed by atoms with E-state index in [0.717, 1.165) is 6.07 Å². The van der Waals surface area contributed by atoms with Crippen molar-refractivity contribution in [3.8, 4) is 11.5 Å². The Hall–Kier alpha value is -4.15. The molecule has 1 unspecified atom stereocenters. The van der Waals surface area contributed by atoms with Crippen LogP contribution in [0.4, 0.5) is 13.2 Å². The molecule has 0 saturated carbocycles. The number of likely N-dealkylation sites (N-methyl/N-ethyl adjacent to an activating group) is 1. The number of carbonyl (C=O) groups excluding carboxylic acids is 3. The standard InChI is InChI=1S/C28H30F3N3O10/c1-33(2)20-13-7-10-6-12-18(21(38)17(10)24(40)27(13,43)25(41)19(22(20)39)26(32)42)15(35)8-11(23(12)44-28(29,30)31)14-4-3-5-34(14)9-16(36)37/h8,10,13-14,20,35,39-40,43H,3-7,9H2,1-2H3,(H2,32,42)(H,36,37)/t10-,13-,14?,20-,27-/m0/s1. The van der Waals surface area contributed by atoms with Gasteiger partial charge in [0, 0.05) is 28.7 Å². The molecule has 0 radical (unpaired) electrons. The Bertz CT molecular complexity index is 1550. The summed E-state index contributed by atoms with van der Waals surface area (Å²) in [5.41, 5.74) is -0.328. The number of fused-ring (bicyclic) bond motifs is 3. The third kappa shape index (κ3) is 4.68. The normalized spacial score (nSPS) is 29.1. The Kier molecular flexibility index (Phi) is 7.46. The van der Waals surface area contributed by atoms with E-state index in [-0.39, 0.29) is 30.5 Å². The topological polar surface area (TPSA) is 211 Å². The molecular formula is C28H30F3N3O10. The number of hydrogen-bond acceptors (Lipinski definition) is 11. The average molecular weight is 626 g/mol. The summed E-state index contributed by atoms with van der Waals surface area (Å²) >= 11 is 0. The fourth-order valence-corrected chi connectivity index (χ4v) is 7.35. The average Bonchev–Trinajstić information content (AvgIpc) is 3.33. The number of aliphatic hydroxyl groups excluding tert-OH is 2. The fraction of sp³-hybridized carbons (Fsp3) is 0.500. The van der Waals surface area contributed by atoms with E-state index in [1.54, 1.807) is 0 Å². The second-order valence-electron chi connectivity index (χ2n) is 11.7. The van der Waals surface area contributed by atoms with Crippen molar-refractivity contribution in [3.05, 3.63) is 45.4 Å². The molecule has 1 heterocycles. The number of hydrogen-bond donors (Lipinski definition) is 6. The molecule has 0 aromatic heterocycles. The van der Waals surface area contributed by atoms with Crippen molar-refractivity contribution in [2.45, 2.75) is 49.7 Å². The highest BCUT2D eigenvalue weighted by Gasteiger charge is 2.63. The van der Waals surface area contributed by atoms with Gasteiger partial charge < -0.3 is 36.0 Å². The van der Waals surface area contributed by atoms with Crippen LogP contribution < -0.4 is 10.5 Å². The number of aliphatic hydroxyl groups is 3. The van der Waals surface area contributed by atoms with Gasteiger partial charge in [0.15, 0.2) is 11.4 Å². The van der Waals surface area contributed by atoms with Gasteiger partial charge in [-0.3, -0.25) is 29.0 Å². The third-order valence-corrected chi connectivity index (χ3v) is 8.98. The fourth-order valence-electron chi connectivity index (χ4n) is 7.35. The first-order chi connectivity index (χ1) is 20.4. The SMILES string of the molecule is CN(C)[C@@H]1C(O)=C(C(N)=O)C(=O)[C@@]2(O)C(O)=C3C(=O)c4c(O)cc(C5CCCN5CC(=O)O)c(OC(F)(F)F)c4C[C@H]3C[C@@H]12. The van der Waals surface area contributed by atoms with Crippen molar-refractivity contribution in [1.82, 2.24) is 9.80 Å². The largest absolute Gasteiger partial charge is 0.573 e. The monoisotopic (exact) mass is 625 g/mol. The first kappa shape index (κ1) is 31.3. The highest BCUT2D eigenvalue weighted by Crippen LogP contribution is 2.55. The van der Waals surface area contributed by atoms with E-state index in [2.05, 4.69) is 4.74 Å². The van der Waals surface area contributed by atoms with E-state index in [9.17, 15) is 57.9 Å². The maximum Gasteiger partial charge on any atom is 0.573 e. The Morgan fingerprint density at radius 3 is 2.43 bits per heavy atom. The zero-order valence-electron chi connectivity index (χ0n) is 23.5. The number of benzene rings is 1. The van der Waals surface area contributed by atoms with Gasteiger partial charge in [0.25, 0.3) is 5.91 Å². The number of carboxylic acids is 1. The van der Waals surface area contributed by atoms with E-state index >= 15 is 0 Å². The van der Waals surface area contributed by atoms with Gasteiger partial charge in [-0.25, -0.2) is 0 Å². The first-order valence-electron chi connectivity index (χ1n) is 13.6. The number of aliphatic carboxylic acids is 1. The molecule has 0 spiro atoms. The van der Waals surface area contributed by atoms with Crippen LogP contribution in [0.15, 0.2) is 28.7 Å². The maximum atomic E-state index is 13.9. The summed E-state index contributed by atoms with van der Waals surface area (Å²) in [6.45, 7) is -0.256. The number of ketones is 2. The van der Waals surface area contributed by atoms with Gasteiger partial charge in [0.05, 0.1) is 18.2 Å². The van der Waals surface area contributed by atoms with E-state index in [4.69, 9.17) is 5.73 Å². The first-order valence-corrected chi connectivity index (χ1v) is 13.6. The minimum absolute atomic E-state index is 0.181. The highest BCUT2D eigenvalue weighted by atomic mass is 19.4. The molecule has 13 nitrogen and oxygen atoms in total. The zero-order chi connectivity index (χ0) is 32.6. The number of halogens is 3. The Balaban J connectivity index is 1.71. The van der Waals surface area contributed by atoms with Crippen molar-refractivity contribution >= 4 is 23.4 Å². The highest BCUT2D eigenvalue weighted by molar-refractivity contribution is 6.24. The smallest absolute Gasteiger partial charge is 0.510 e. The number of aromatic hydroxyl groups is 1. The van der Waals surface area contributed by atoms with E-state index in [0.29, 0.717) is 6.42 Å². The minimum atomic E-state index is -5.25. The molecule has 3 aliphatic carbocycles. The van der Waals surface area contributed by atoms with Crippen LogP contribution in [0.2, 0.25) is 0 Å². The molecule has 7 N–H and O–H groups in total. The molecule has 1 aromatic rings. The van der Waals surface area contributed by atoms with E-state index in [1.807, 2.05) is 0 Å². The van der Waals surface area contributed by atoms with E-state index < -0.39 is 112 Å². The van der Waals surface area contributed by atoms with Gasteiger partial charge in [-0.1, -0.05) is 0 Å². The van der Waals surface area contributed by atoms with Crippen molar-refractivity contribution in [3.63, 3.8) is 0 Å². The van der Waals surface area contributed by atoms with Crippen molar-refractivity contribution in [2.24, 2.45) is 17.6 Å². The van der Waals surface area contributed by atoms with Crippen LogP contribution in [0.5, 0.6) is 11.5 Å². The second kappa shape index (κ2) is 10.5. The predicted octanol–water partition coefficient (Wildman–Crippen LogP) is 1.24. The number of likely N-dealkylation sites (tertiary alicyclic amines) is 1. The number of Topliss-reactive ketones (excluding diaryl/α,β-unsaturated/α-hetero) is 2. The number of phenols is 1. The minimum Gasteiger partial charge on any atom is -0.510 e. The summed E-state index contributed by atoms with van der Waals surface area (Å²) in [7, 11) is 2.88. The number of carbonyl (C=O) groups is 4. The molecule has 1 aromatic carbocycles. The molecule has 5 atom stereocenters. The van der Waals surface area contributed by atoms with Crippen LogP contribution in [-0.2, 0) is 20.8 Å². The summed E-state index contributed by atoms with van der Waals surface area (Å²) in [6, 6.07) is -1.30. The molecule has 1 aliphatic heterocycles. The lowest BCUT2D eigenvalue weighted by molar-refractivity contribution is -0.275. The lowest BCUT2D eigenvalue weighted by atomic mass is 9.58. The molecule has 1 saturated heterocycles. The van der Waals surface area contributed by atoms with Gasteiger partial charge in [0.1, 0.15) is 28.6 Å². The van der Waals surface area contributed by atoms with Gasteiger partial charge in [-0.05, 0) is 58.3 Å². The predicted molar refractivity (Wildman–Crippen MR) is 142 cm³/mol. The number of ether oxygens (including phenoxy) is 1. The lowest BCUT2D eigenvalue weighted by Gasteiger charge is -2.50. The van der Waals surface area contributed by atoms with E-state index in [1.165, 1.54) is 23.9 Å². The molecular weight excluding hydrogens is 595 g/mol. The zero-order valence-corrected chi connectivity index (χ0v) is 23.5. The maximum absolute atomic E-state index is 13.9. The van der Waals surface area contributed by atoms with Crippen molar-refractivity contribution < 1.29 is 62.6 Å². The molecule has 16 heteroatoms. The quantitative estimate of drug-likeness (QED) is 0.247. The molecule has 5 rings (SSSR count). The van der Waals surface area contributed by atoms with Crippen LogP contribution >= 0.6 is 0 Å². The molecule has 238 valence electrons. The summed E-state index contributed by atoms with van der Waals surface area (Å²) in [5, 5.41) is 54.2. The Morgan fingerprint density at radius 1 is 1.20 bits per heavy atom. The number of nitrogens with two attached hydrogens (primary N) is 1. The number of carboxylic acid groups (broad SMARTS) is 1. The number of rotatable bonds is 6. The Morgan fingerprint density at radius 2 is 1.86 bits per heavy atom. The Labute approximate surface area is 247 Å². The molecule has 4 aliphatic rings. The number of alkyl halides is 3. The van der Waals surface area contributed by atoms with Crippen LogP contribution in [0.3, 0.4) is 0 Å². The summed E-state index contributed by atoms with van der Waals surface area (Å²) < 4.78 is 45.9. The molecule has 0 bridgehead atoms. The second-order valence-corrected chi connectivity index (χ2v) is 11.7. The van der Waals surface area contributed by atoms with Crippen LogP contribution in [0.1, 0.15) is 46.8 Å². The van der Waals surface area contributed by atoms with Gasteiger partial charge in [-0.15, -0.1) is 13.2 Å². The summed E-state index contributed by atoms with van der Waals surface area (Å²) in [6.07, 6.45) is -5.35. The van der Waals surface area contributed by atoms with Gasteiger partial charge in [-0.2, -0.15) is 0 Å². The molecule has 1 amide bonds. The lowest BCUT2D eigenvalue weighted by Crippen LogP contribution is -2.63. The number of primary amides is 1.